The maximum Gasteiger partial charge on any atom is 0.319 e. The zero-order valence-electron chi connectivity index (χ0n) is 14.5. The molecule has 1 aromatic carbocycles. The number of hydrogen-bond donors (Lipinski definition) is 3. The fraction of sp³-hybridized carbons (Fsp3) is 0.529. The number of aliphatic hydroxyl groups excluding tert-OH is 1. The van der Waals surface area contributed by atoms with Gasteiger partial charge in [-0.1, -0.05) is 12.1 Å². The van der Waals surface area contributed by atoms with Crippen LogP contribution in [0.1, 0.15) is 32.4 Å². The van der Waals surface area contributed by atoms with E-state index in [1.165, 1.54) is 4.90 Å². The summed E-state index contributed by atoms with van der Waals surface area (Å²) in [7, 11) is 1.66. The summed E-state index contributed by atoms with van der Waals surface area (Å²) in [6.45, 7) is 5.53. The van der Waals surface area contributed by atoms with Crippen molar-refractivity contribution in [3.8, 4) is 0 Å². The monoisotopic (exact) mass is 335 g/mol. The zero-order valence-corrected chi connectivity index (χ0v) is 14.5. The number of carbonyl (C=O) groups excluding carboxylic acids is 2. The first-order valence-electron chi connectivity index (χ1n) is 7.88. The minimum atomic E-state index is -0.422. The number of ether oxygens (including phenoxy) is 1. The van der Waals surface area contributed by atoms with E-state index in [0.717, 1.165) is 5.56 Å². The van der Waals surface area contributed by atoms with Crippen LogP contribution in [0.25, 0.3) is 0 Å². The number of amides is 3. The number of anilines is 1. The van der Waals surface area contributed by atoms with Gasteiger partial charge in [-0.15, -0.1) is 0 Å². The Labute approximate surface area is 142 Å². The largest absolute Gasteiger partial charge is 0.394 e. The molecule has 2 rings (SSSR count). The van der Waals surface area contributed by atoms with Gasteiger partial charge in [0, 0.05) is 18.3 Å². The lowest BCUT2D eigenvalue weighted by molar-refractivity contribution is -0.157. The number of carbonyl (C=O) groups is 2. The first kappa shape index (κ1) is 18.2. The molecule has 1 heterocycles. The maximum absolute atomic E-state index is 11.9. The van der Waals surface area contributed by atoms with E-state index in [1.54, 1.807) is 19.2 Å². The molecule has 2 atom stereocenters. The Balaban J connectivity index is 2.06. The summed E-state index contributed by atoms with van der Waals surface area (Å²) in [4.78, 5) is 25.0. The molecule has 7 nitrogen and oxygen atoms in total. The Morgan fingerprint density at radius 2 is 1.96 bits per heavy atom. The Hall–Kier alpha value is -2.12. The van der Waals surface area contributed by atoms with Gasteiger partial charge < -0.3 is 25.4 Å². The van der Waals surface area contributed by atoms with Gasteiger partial charge in [0.15, 0.2) is 0 Å². The highest BCUT2D eigenvalue weighted by Crippen LogP contribution is 2.28. The number of likely N-dealkylation sites (N-methyl/N-ethyl adjacent to an activating group) is 1. The van der Waals surface area contributed by atoms with Crippen molar-refractivity contribution in [1.29, 1.82) is 0 Å². The van der Waals surface area contributed by atoms with Crippen LogP contribution in [0, 0.1) is 0 Å². The zero-order chi connectivity index (χ0) is 17.9. The molecule has 0 radical (unpaired) electrons. The highest BCUT2D eigenvalue weighted by Gasteiger charge is 2.34. The van der Waals surface area contributed by atoms with Gasteiger partial charge in [-0.25, -0.2) is 4.79 Å². The van der Waals surface area contributed by atoms with Gasteiger partial charge in [0.1, 0.15) is 12.7 Å². The van der Waals surface area contributed by atoms with Gasteiger partial charge in [0.25, 0.3) is 0 Å². The van der Waals surface area contributed by atoms with E-state index in [-0.39, 0.29) is 30.7 Å². The Morgan fingerprint density at radius 3 is 2.50 bits per heavy atom. The lowest BCUT2D eigenvalue weighted by atomic mass is 9.99. The molecule has 1 aliphatic rings. The molecule has 1 aromatic rings. The average molecular weight is 335 g/mol. The van der Waals surface area contributed by atoms with Gasteiger partial charge in [-0.05, 0) is 38.5 Å². The van der Waals surface area contributed by atoms with Crippen molar-refractivity contribution in [1.82, 2.24) is 10.2 Å². The van der Waals surface area contributed by atoms with E-state index >= 15 is 0 Å². The van der Waals surface area contributed by atoms with Crippen LogP contribution in [-0.2, 0) is 9.53 Å². The number of nitrogens with one attached hydrogen (secondary N) is 2. The van der Waals surface area contributed by atoms with Crippen LogP contribution >= 0.6 is 0 Å². The van der Waals surface area contributed by atoms with Crippen LogP contribution in [0.3, 0.4) is 0 Å². The van der Waals surface area contributed by atoms with Crippen LogP contribution in [-0.4, -0.2) is 53.8 Å². The second-order valence-electron chi connectivity index (χ2n) is 6.94. The molecule has 0 unspecified atom stereocenters. The Kier molecular flexibility index (Phi) is 5.46. The van der Waals surface area contributed by atoms with Crippen LogP contribution < -0.4 is 10.6 Å². The van der Waals surface area contributed by atoms with Gasteiger partial charge in [0.05, 0.1) is 12.6 Å². The molecule has 0 bridgehead atoms. The molecule has 1 aliphatic heterocycles. The molecule has 7 heteroatoms. The molecule has 1 saturated heterocycles. The van der Waals surface area contributed by atoms with Gasteiger partial charge >= 0.3 is 6.03 Å². The molecular weight excluding hydrogens is 310 g/mol. The average Bonchev–Trinajstić information content (AvgIpc) is 2.49. The Bertz CT molecular complexity index is 595. The van der Waals surface area contributed by atoms with Crippen molar-refractivity contribution >= 4 is 17.6 Å². The van der Waals surface area contributed by atoms with Crippen molar-refractivity contribution < 1.29 is 19.4 Å². The smallest absolute Gasteiger partial charge is 0.319 e. The molecule has 24 heavy (non-hydrogen) atoms. The molecular formula is C17H25N3O4. The Morgan fingerprint density at radius 1 is 1.33 bits per heavy atom. The maximum atomic E-state index is 11.9. The number of nitrogens with zero attached hydrogens (tertiary/aromatic N) is 1. The second-order valence-corrected chi connectivity index (χ2v) is 6.94. The lowest BCUT2D eigenvalue weighted by Crippen LogP contribution is -2.50. The van der Waals surface area contributed by atoms with E-state index in [0.29, 0.717) is 5.69 Å². The van der Waals surface area contributed by atoms with Crippen molar-refractivity contribution in [2.24, 2.45) is 0 Å². The lowest BCUT2D eigenvalue weighted by Gasteiger charge is -2.38. The van der Waals surface area contributed by atoms with Crippen molar-refractivity contribution in [3.05, 3.63) is 29.8 Å². The van der Waals surface area contributed by atoms with E-state index in [4.69, 9.17) is 4.74 Å². The van der Waals surface area contributed by atoms with E-state index in [1.807, 2.05) is 32.9 Å². The first-order chi connectivity index (χ1) is 11.2. The van der Waals surface area contributed by atoms with E-state index in [2.05, 4.69) is 10.6 Å². The predicted molar refractivity (Wildman–Crippen MR) is 90.7 cm³/mol. The topological polar surface area (TPSA) is 90.9 Å². The number of benzene rings is 1. The summed E-state index contributed by atoms with van der Waals surface area (Å²) >= 11 is 0. The van der Waals surface area contributed by atoms with E-state index < -0.39 is 12.1 Å². The predicted octanol–water partition coefficient (Wildman–Crippen LogP) is 1.50. The molecule has 0 spiro atoms. The third-order valence-corrected chi connectivity index (χ3v) is 3.80. The minimum absolute atomic E-state index is 0.00828. The molecule has 3 N–H and O–H groups in total. The second kappa shape index (κ2) is 7.19. The third kappa shape index (κ3) is 4.46. The van der Waals surface area contributed by atoms with Gasteiger partial charge in [-0.3, -0.25) is 4.79 Å². The summed E-state index contributed by atoms with van der Waals surface area (Å²) in [6, 6.07) is 6.49. The normalized spacial score (nSPS) is 21.5. The highest BCUT2D eigenvalue weighted by atomic mass is 16.5. The number of aliphatic hydroxyl groups is 1. The third-order valence-electron chi connectivity index (χ3n) is 3.80. The first-order valence-corrected chi connectivity index (χ1v) is 7.88. The summed E-state index contributed by atoms with van der Waals surface area (Å²) in [5, 5.41) is 15.1. The van der Waals surface area contributed by atoms with Gasteiger partial charge in [0.2, 0.25) is 5.91 Å². The summed E-state index contributed by atoms with van der Waals surface area (Å²) < 4.78 is 5.59. The summed E-state index contributed by atoms with van der Waals surface area (Å²) in [5.74, 6) is -0.151. The molecule has 0 aliphatic carbocycles. The fourth-order valence-corrected chi connectivity index (χ4v) is 2.56. The fourth-order valence-electron chi connectivity index (χ4n) is 2.56. The molecule has 3 amide bonds. The molecule has 0 aromatic heterocycles. The SMILES string of the molecule is CN1C(=O)CO[C@H](c2ccc(NC(=O)NC(C)(C)C)cc2)[C@H]1CO. The van der Waals surface area contributed by atoms with Crippen molar-refractivity contribution in [3.63, 3.8) is 0 Å². The van der Waals surface area contributed by atoms with Crippen molar-refractivity contribution in [2.75, 3.05) is 25.6 Å². The highest BCUT2D eigenvalue weighted by molar-refractivity contribution is 5.89. The molecule has 132 valence electrons. The molecule has 0 saturated carbocycles. The van der Waals surface area contributed by atoms with Crippen LogP contribution in [0.2, 0.25) is 0 Å². The number of hydrogen-bond acceptors (Lipinski definition) is 4. The number of morpholine rings is 1. The minimum Gasteiger partial charge on any atom is -0.394 e. The van der Waals surface area contributed by atoms with E-state index in [9.17, 15) is 14.7 Å². The quantitative estimate of drug-likeness (QED) is 0.781. The number of rotatable bonds is 3. The van der Waals surface area contributed by atoms with Crippen LogP contribution in [0.15, 0.2) is 24.3 Å². The standard InChI is InChI=1S/C17H25N3O4/c1-17(2,3)19-16(23)18-12-7-5-11(6-8-12)15-13(9-21)20(4)14(22)10-24-15/h5-8,13,15,21H,9-10H2,1-4H3,(H2,18,19,23)/t13-,15-/m1/s1. The van der Waals surface area contributed by atoms with Crippen LogP contribution in [0.5, 0.6) is 0 Å². The van der Waals surface area contributed by atoms with Crippen molar-refractivity contribution in [2.45, 2.75) is 38.5 Å². The van der Waals surface area contributed by atoms with Crippen LogP contribution in [0.4, 0.5) is 10.5 Å². The summed E-state index contributed by atoms with van der Waals surface area (Å²) in [6.07, 6.45) is -0.393. The van der Waals surface area contributed by atoms with Gasteiger partial charge in [-0.2, -0.15) is 0 Å². The number of urea groups is 1. The summed E-state index contributed by atoms with van der Waals surface area (Å²) in [5.41, 5.74) is 1.18. The molecule has 1 fully saturated rings.